The van der Waals surface area contributed by atoms with Gasteiger partial charge < -0.3 is 15.3 Å². The molecule has 5 nitrogen and oxygen atoms in total. The average Bonchev–Trinajstić information content (AvgIpc) is 2.55. The molecule has 128 valence electrons. The van der Waals surface area contributed by atoms with E-state index in [2.05, 4.69) is 28.2 Å². The molecule has 1 saturated heterocycles. The Kier molecular flexibility index (Phi) is 7.02. The number of nitrogens with one attached hydrogen (secondary N) is 1. The van der Waals surface area contributed by atoms with Gasteiger partial charge in [0.25, 0.3) is 5.91 Å². The molecule has 2 N–H and O–H groups in total. The van der Waals surface area contributed by atoms with Gasteiger partial charge in [0.1, 0.15) is 0 Å². The minimum atomic E-state index is -0.0318. The number of hydrogen-bond acceptors (Lipinski definition) is 4. The first-order chi connectivity index (χ1) is 11.1. The first-order valence-electron chi connectivity index (χ1n) is 8.50. The topological polar surface area (TPSA) is 55.8 Å². The Hall–Kier alpha value is -1.43. The molecule has 1 fully saturated rings. The van der Waals surface area contributed by atoms with Crippen molar-refractivity contribution in [3.63, 3.8) is 0 Å². The van der Waals surface area contributed by atoms with Gasteiger partial charge >= 0.3 is 0 Å². The maximum Gasteiger partial charge on any atom is 0.251 e. The van der Waals surface area contributed by atoms with Gasteiger partial charge in [0.05, 0.1) is 0 Å². The number of aliphatic hydroxyl groups excluding tert-OH is 1. The van der Waals surface area contributed by atoms with Crippen LogP contribution in [0.5, 0.6) is 0 Å². The van der Waals surface area contributed by atoms with Gasteiger partial charge in [-0.3, -0.25) is 9.69 Å². The Morgan fingerprint density at radius 2 is 2.04 bits per heavy atom. The van der Waals surface area contributed by atoms with Gasteiger partial charge in [-0.1, -0.05) is 12.1 Å². The fourth-order valence-electron chi connectivity index (χ4n) is 2.85. The fourth-order valence-corrected chi connectivity index (χ4v) is 2.85. The summed E-state index contributed by atoms with van der Waals surface area (Å²) in [4.78, 5) is 17.1. The molecule has 1 aliphatic rings. The Morgan fingerprint density at radius 1 is 1.30 bits per heavy atom. The molecular formula is C18H29N3O2. The second-order valence-corrected chi connectivity index (χ2v) is 6.52. The molecule has 23 heavy (non-hydrogen) atoms. The first-order valence-corrected chi connectivity index (χ1v) is 8.50. The Morgan fingerprint density at radius 3 is 2.74 bits per heavy atom. The number of benzene rings is 1. The van der Waals surface area contributed by atoms with Crippen LogP contribution in [0.4, 0.5) is 0 Å². The van der Waals surface area contributed by atoms with Crippen LogP contribution in [0.25, 0.3) is 0 Å². The Balaban J connectivity index is 1.89. The van der Waals surface area contributed by atoms with E-state index in [1.807, 2.05) is 25.1 Å². The van der Waals surface area contributed by atoms with Gasteiger partial charge in [-0.2, -0.15) is 0 Å². The molecule has 1 heterocycles. The van der Waals surface area contributed by atoms with Gasteiger partial charge in [-0.15, -0.1) is 0 Å². The zero-order valence-electron chi connectivity index (χ0n) is 14.3. The summed E-state index contributed by atoms with van der Waals surface area (Å²) in [6.07, 6.45) is 1.51. The summed E-state index contributed by atoms with van der Waals surface area (Å²) in [5.74, 6) is -0.0318. The van der Waals surface area contributed by atoms with Crippen molar-refractivity contribution in [2.45, 2.75) is 32.4 Å². The number of aliphatic hydroxyl groups is 1. The molecule has 0 saturated carbocycles. The second kappa shape index (κ2) is 9.01. The van der Waals surface area contributed by atoms with Crippen molar-refractivity contribution >= 4 is 5.91 Å². The largest absolute Gasteiger partial charge is 0.396 e. The van der Waals surface area contributed by atoms with Crippen molar-refractivity contribution in [1.82, 2.24) is 15.1 Å². The van der Waals surface area contributed by atoms with Crippen LogP contribution < -0.4 is 5.32 Å². The number of hydrogen-bond donors (Lipinski definition) is 2. The normalized spacial score (nSPS) is 17.9. The number of piperazine rings is 1. The van der Waals surface area contributed by atoms with Gasteiger partial charge in [0.2, 0.25) is 0 Å². The lowest BCUT2D eigenvalue weighted by molar-refractivity contribution is 0.0936. The van der Waals surface area contributed by atoms with Crippen molar-refractivity contribution in [3.05, 3.63) is 35.4 Å². The monoisotopic (exact) mass is 319 g/mol. The number of nitrogens with zero attached hydrogens (tertiary/aromatic N) is 2. The lowest BCUT2D eigenvalue weighted by Gasteiger charge is -2.32. The molecule has 2 rings (SSSR count). The third kappa shape index (κ3) is 5.94. The van der Waals surface area contributed by atoms with Crippen molar-refractivity contribution < 1.29 is 9.90 Å². The molecule has 1 atom stereocenters. The predicted molar refractivity (Wildman–Crippen MR) is 92.5 cm³/mol. The summed E-state index contributed by atoms with van der Waals surface area (Å²) in [5.41, 5.74) is 1.90. The fraction of sp³-hybridized carbons (Fsp3) is 0.611. The Bertz CT molecular complexity index is 499. The SMILES string of the molecule is CC(CCCO)NC(=O)c1cccc(CN2CCN(C)CC2)c1. The van der Waals surface area contributed by atoms with Gasteiger partial charge in [-0.05, 0) is 44.5 Å². The van der Waals surface area contributed by atoms with Crippen LogP contribution in [-0.2, 0) is 6.54 Å². The van der Waals surface area contributed by atoms with Crippen LogP contribution >= 0.6 is 0 Å². The Labute approximate surface area is 139 Å². The molecule has 1 unspecified atom stereocenters. The number of carbonyl (C=O) groups is 1. The number of rotatable bonds is 7. The number of amides is 1. The quantitative estimate of drug-likeness (QED) is 0.796. The van der Waals surface area contributed by atoms with E-state index >= 15 is 0 Å². The van der Waals surface area contributed by atoms with E-state index in [0.717, 1.165) is 39.1 Å². The molecule has 0 aliphatic carbocycles. The minimum absolute atomic E-state index is 0.0318. The van der Waals surface area contributed by atoms with Gasteiger partial charge in [-0.25, -0.2) is 0 Å². The molecule has 5 heteroatoms. The van der Waals surface area contributed by atoms with E-state index in [1.54, 1.807) is 0 Å². The van der Waals surface area contributed by atoms with Crippen LogP contribution in [-0.4, -0.2) is 66.7 Å². The average molecular weight is 319 g/mol. The smallest absolute Gasteiger partial charge is 0.251 e. The first kappa shape index (κ1) is 17.9. The van der Waals surface area contributed by atoms with Crippen molar-refractivity contribution in [2.75, 3.05) is 39.8 Å². The zero-order chi connectivity index (χ0) is 16.7. The summed E-state index contributed by atoms with van der Waals surface area (Å²) in [7, 11) is 2.15. The summed E-state index contributed by atoms with van der Waals surface area (Å²) in [6, 6.07) is 7.98. The molecule has 0 aromatic heterocycles. The standard InChI is InChI=1S/C18H29N3O2/c1-15(5-4-12-22)19-18(23)17-7-3-6-16(13-17)14-21-10-8-20(2)9-11-21/h3,6-7,13,15,22H,4-5,8-12,14H2,1-2H3,(H,19,23). The number of carbonyl (C=O) groups excluding carboxylic acids is 1. The summed E-state index contributed by atoms with van der Waals surface area (Å²) < 4.78 is 0. The van der Waals surface area contributed by atoms with Crippen LogP contribution in [0.1, 0.15) is 35.7 Å². The maximum absolute atomic E-state index is 12.3. The molecule has 0 spiro atoms. The lowest BCUT2D eigenvalue weighted by atomic mass is 10.1. The molecule has 1 aromatic rings. The van der Waals surface area contributed by atoms with E-state index in [4.69, 9.17) is 5.11 Å². The molecule has 0 bridgehead atoms. The van der Waals surface area contributed by atoms with Gasteiger partial charge in [0.15, 0.2) is 0 Å². The van der Waals surface area contributed by atoms with E-state index in [-0.39, 0.29) is 18.6 Å². The van der Waals surface area contributed by atoms with Crippen LogP contribution in [0.3, 0.4) is 0 Å². The van der Waals surface area contributed by atoms with Crippen LogP contribution in [0.2, 0.25) is 0 Å². The molecule has 0 radical (unpaired) electrons. The maximum atomic E-state index is 12.3. The highest BCUT2D eigenvalue weighted by molar-refractivity contribution is 5.94. The predicted octanol–water partition coefficient (Wildman–Crippen LogP) is 1.32. The third-order valence-corrected chi connectivity index (χ3v) is 4.36. The van der Waals surface area contributed by atoms with Crippen LogP contribution in [0.15, 0.2) is 24.3 Å². The molecular weight excluding hydrogens is 290 g/mol. The molecule has 1 amide bonds. The summed E-state index contributed by atoms with van der Waals surface area (Å²) in [6.45, 7) is 7.39. The highest BCUT2D eigenvalue weighted by atomic mass is 16.3. The summed E-state index contributed by atoms with van der Waals surface area (Å²) >= 11 is 0. The van der Waals surface area contributed by atoms with E-state index < -0.39 is 0 Å². The zero-order valence-corrected chi connectivity index (χ0v) is 14.3. The minimum Gasteiger partial charge on any atom is -0.396 e. The number of likely N-dealkylation sites (N-methyl/N-ethyl adjacent to an activating group) is 1. The van der Waals surface area contributed by atoms with Crippen molar-refractivity contribution in [1.29, 1.82) is 0 Å². The third-order valence-electron chi connectivity index (χ3n) is 4.36. The van der Waals surface area contributed by atoms with E-state index in [0.29, 0.717) is 12.0 Å². The molecule has 1 aliphatic heterocycles. The molecule has 1 aromatic carbocycles. The highest BCUT2D eigenvalue weighted by Crippen LogP contribution is 2.11. The lowest BCUT2D eigenvalue weighted by Crippen LogP contribution is -2.43. The van der Waals surface area contributed by atoms with E-state index in [1.165, 1.54) is 5.56 Å². The van der Waals surface area contributed by atoms with Crippen LogP contribution in [0, 0.1) is 0 Å². The van der Waals surface area contributed by atoms with Crippen molar-refractivity contribution in [3.8, 4) is 0 Å². The van der Waals surface area contributed by atoms with Crippen molar-refractivity contribution in [2.24, 2.45) is 0 Å². The van der Waals surface area contributed by atoms with Gasteiger partial charge in [0, 0.05) is 50.9 Å². The second-order valence-electron chi connectivity index (χ2n) is 6.52. The summed E-state index contributed by atoms with van der Waals surface area (Å²) in [5, 5.41) is 11.9. The van der Waals surface area contributed by atoms with E-state index in [9.17, 15) is 4.79 Å². The highest BCUT2D eigenvalue weighted by Gasteiger charge is 2.15.